The molecule has 2 N–H and O–H groups in total. The van der Waals surface area contributed by atoms with Crippen molar-refractivity contribution >= 4 is 10.0 Å². The Labute approximate surface area is 181 Å². The largest absolute Gasteiger partial charge is 0.348 e. The van der Waals surface area contributed by atoms with Gasteiger partial charge in [0.15, 0.2) is 0 Å². The second-order valence-electron chi connectivity index (χ2n) is 7.66. The zero-order valence-electron chi connectivity index (χ0n) is 18.6. The molecule has 0 aliphatic heterocycles. The van der Waals surface area contributed by atoms with Crippen molar-refractivity contribution in [2.75, 3.05) is 33.2 Å². The fourth-order valence-electron chi connectivity index (χ4n) is 3.44. The number of hydrogen-bond acceptors (Lipinski definition) is 5. The third-order valence-electron chi connectivity index (χ3n) is 5.08. The number of imidazole rings is 1. The molecule has 0 fully saturated rings. The smallest absolute Gasteiger partial charge is 0.242 e. The summed E-state index contributed by atoms with van der Waals surface area (Å²) in [4.78, 5) is 10.0. The molecule has 0 aliphatic rings. The third-order valence-corrected chi connectivity index (χ3v) is 6.96. The summed E-state index contributed by atoms with van der Waals surface area (Å²) in [5, 5.41) is 3.29. The second-order valence-corrected chi connectivity index (χ2v) is 9.70. The van der Waals surface area contributed by atoms with Crippen molar-refractivity contribution in [3.8, 4) is 0 Å². The topological polar surface area (TPSA) is 81.3 Å². The van der Waals surface area contributed by atoms with E-state index in [2.05, 4.69) is 34.0 Å². The molecule has 1 aromatic heterocycles. The fraction of sp³-hybridized carbons (Fsp3) is 0.591. The fourth-order valence-corrected chi connectivity index (χ4v) is 4.65. The molecule has 2 aromatic rings. The van der Waals surface area contributed by atoms with Gasteiger partial charge in [-0.2, -0.15) is 0 Å². The summed E-state index contributed by atoms with van der Waals surface area (Å²) in [7, 11) is -1.78. The van der Waals surface area contributed by atoms with Crippen LogP contribution in [-0.4, -0.2) is 60.8 Å². The molecule has 0 saturated carbocycles. The Morgan fingerprint density at radius 2 is 1.63 bits per heavy atom. The average molecular weight is 436 g/mol. The maximum Gasteiger partial charge on any atom is 0.242 e. The van der Waals surface area contributed by atoms with Crippen molar-refractivity contribution in [3.05, 3.63) is 48.0 Å². The third kappa shape index (κ3) is 7.83. The first-order valence-corrected chi connectivity index (χ1v) is 12.4. The lowest BCUT2D eigenvalue weighted by molar-refractivity contribution is 0.266. The van der Waals surface area contributed by atoms with Crippen LogP contribution < -0.4 is 5.32 Å². The molecule has 0 bridgehead atoms. The van der Waals surface area contributed by atoms with E-state index in [1.165, 1.54) is 4.31 Å². The molecule has 2 rings (SSSR count). The van der Waals surface area contributed by atoms with Crippen LogP contribution in [0.5, 0.6) is 0 Å². The quantitative estimate of drug-likeness (QED) is 0.420. The highest BCUT2D eigenvalue weighted by molar-refractivity contribution is 7.89. The van der Waals surface area contributed by atoms with Crippen LogP contribution in [0.3, 0.4) is 0 Å². The summed E-state index contributed by atoms with van der Waals surface area (Å²) in [5.74, 6) is 0.878. The molecular formula is C22H37N5O2S. The maximum atomic E-state index is 12.8. The van der Waals surface area contributed by atoms with E-state index in [-0.39, 0.29) is 0 Å². The summed E-state index contributed by atoms with van der Waals surface area (Å²) in [6.07, 6.45) is 7.71. The van der Waals surface area contributed by atoms with Crippen molar-refractivity contribution in [2.24, 2.45) is 0 Å². The lowest BCUT2D eigenvalue weighted by Gasteiger charge is -2.22. The molecule has 168 valence electrons. The lowest BCUT2D eigenvalue weighted by Crippen LogP contribution is -2.30. The van der Waals surface area contributed by atoms with E-state index < -0.39 is 10.0 Å². The van der Waals surface area contributed by atoms with E-state index >= 15 is 0 Å². The zero-order valence-corrected chi connectivity index (χ0v) is 19.4. The summed E-state index contributed by atoms with van der Waals surface area (Å²) < 4.78 is 27.1. The molecule has 0 amide bonds. The number of aromatic amines is 1. The molecule has 1 heterocycles. The van der Waals surface area contributed by atoms with Crippen LogP contribution in [0.1, 0.15) is 50.9 Å². The van der Waals surface area contributed by atoms with Crippen LogP contribution in [0, 0.1) is 0 Å². The molecule has 0 unspecified atom stereocenters. The minimum absolute atomic E-state index is 0.346. The van der Waals surface area contributed by atoms with Crippen molar-refractivity contribution in [2.45, 2.75) is 57.5 Å². The van der Waals surface area contributed by atoms with Gasteiger partial charge in [-0.1, -0.05) is 26.0 Å². The number of benzene rings is 1. The van der Waals surface area contributed by atoms with Crippen LogP contribution in [0.4, 0.5) is 0 Å². The molecule has 0 spiro atoms. The van der Waals surface area contributed by atoms with Crippen LogP contribution in [-0.2, 0) is 23.1 Å². The number of unbranched alkanes of at least 4 members (excludes halogenated alkanes) is 1. The summed E-state index contributed by atoms with van der Waals surface area (Å²) in [6.45, 7) is 9.51. The van der Waals surface area contributed by atoms with Gasteiger partial charge in [0.1, 0.15) is 5.82 Å². The number of H-pyrrole nitrogens is 1. The van der Waals surface area contributed by atoms with Crippen molar-refractivity contribution in [1.82, 2.24) is 24.5 Å². The Morgan fingerprint density at radius 3 is 2.23 bits per heavy atom. The van der Waals surface area contributed by atoms with Gasteiger partial charge >= 0.3 is 0 Å². The van der Waals surface area contributed by atoms with E-state index in [9.17, 15) is 8.42 Å². The van der Waals surface area contributed by atoms with E-state index in [0.29, 0.717) is 24.5 Å². The Morgan fingerprint density at radius 1 is 0.967 bits per heavy atom. The summed E-state index contributed by atoms with van der Waals surface area (Å²) >= 11 is 0. The first kappa shape index (κ1) is 24.5. The van der Waals surface area contributed by atoms with Gasteiger partial charge in [0.25, 0.3) is 0 Å². The van der Waals surface area contributed by atoms with Gasteiger partial charge in [0.2, 0.25) is 10.0 Å². The predicted molar refractivity (Wildman–Crippen MR) is 122 cm³/mol. The Balaban J connectivity index is 1.78. The minimum Gasteiger partial charge on any atom is -0.348 e. The second kappa shape index (κ2) is 12.8. The van der Waals surface area contributed by atoms with E-state index in [1.807, 2.05) is 12.1 Å². The molecular weight excluding hydrogens is 398 g/mol. The van der Waals surface area contributed by atoms with Gasteiger partial charge in [-0.3, -0.25) is 0 Å². The first-order chi connectivity index (χ1) is 14.5. The van der Waals surface area contributed by atoms with E-state index in [0.717, 1.165) is 56.7 Å². The Bertz CT molecular complexity index is 801. The maximum absolute atomic E-state index is 12.8. The Kier molecular flexibility index (Phi) is 10.5. The molecule has 7 nitrogen and oxygen atoms in total. The van der Waals surface area contributed by atoms with Crippen LogP contribution in [0.25, 0.3) is 0 Å². The highest BCUT2D eigenvalue weighted by Crippen LogP contribution is 2.16. The van der Waals surface area contributed by atoms with Gasteiger partial charge in [-0.25, -0.2) is 17.7 Å². The molecule has 8 heteroatoms. The molecule has 0 atom stereocenters. The van der Waals surface area contributed by atoms with Gasteiger partial charge in [-0.15, -0.1) is 0 Å². The SMILES string of the molecule is CCCN(CCC)CCCCN(C)S(=O)(=O)c1ccc(CNCc2ncc[nH]2)cc1. The number of nitrogens with zero attached hydrogens (tertiary/aromatic N) is 3. The van der Waals surface area contributed by atoms with Crippen LogP contribution in [0.2, 0.25) is 0 Å². The molecule has 30 heavy (non-hydrogen) atoms. The standard InChI is InChI=1S/C22H37N5O2S/c1-4-14-27(15-5-2)17-7-6-16-26(3)30(28,29)21-10-8-20(9-11-21)18-23-19-22-24-12-13-25-22/h8-13,23H,4-7,14-19H2,1-3H3,(H,24,25). The zero-order chi connectivity index (χ0) is 21.8. The molecule has 0 aliphatic carbocycles. The number of aromatic nitrogens is 2. The van der Waals surface area contributed by atoms with E-state index in [4.69, 9.17) is 0 Å². The van der Waals surface area contributed by atoms with Crippen LogP contribution in [0.15, 0.2) is 41.6 Å². The number of nitrogens with one attached hydrogen (secondary N) is 2. The van der Waals surface area contributed by atoms with Gasteiger partial charge in [0, 0.05) is 32.5 Å². The average Bonchev–Trinajstić information content (AvgIpc) is 3.25. The summed E-state index contributed by atoms with van der Waals surface area (Å²) in [5.41, 5.74) is 1.04. The highest BCUT2D eigenvalue weighted by atomic mass is 32.2. The summed E-state index contributed by atoms with van der Waals surface area (Å²) in [6, 6.07) is 7.12. The van der Waals surface area contributed by atoms with Crippen molar-refractivity contribution < 1.29 is 8.42 Å². The predicted octanol–water partition coefficient (Wildman–Crippen LogP) is 3.22. The van der Waals surface area contributed by atoms with Crippen molar-refractivity contribution in [1.29, 1.82) is 0 Å². The van der Waals surface area contributed by atoms with E-state index in [1.54, 1.807) is 31.6 Å². The molecule has 0 radical (unpaired) electrons. The molecule has 1 aromatic carbocycles. The normalized spacial score (nSPS) is 12.2. The minimum atomic E-state index is -3.45. The van der Waals surface area contributed by atoms with Gasteiger partial charge in [-0.05, 0) is 63.0 Å². The lowest BCUT2D eigenvalue weighted by atomic mass is 10.2. The van der Waals surface area contributed by atoms with Crippen molar-refractivity contribution in [3.63, 3.8) is 0 Å². The number of rotatable bonds is 15. The number of hydrogen-bond donors (Lipinski definition) is 2. The number of sulfonamides is 1. The van der Waals surface area contributed by atoms with Crippen LogP contribution >= 0.6 is 0 Å². The van der Waals surface area contributed by atoms with Gasteiger partial charge in [0.05, 0.1) is 11.4 Å². The monoisotopic (exact) mass is 435 g/mol. The molecule has 0 saturated heterocycles. The van der Waals surface area contributed by atoms with Gasteiger partial charge < -0.3 is 15.2 Å². The first-order valence-electron chi connectivity index (χ1n) is 10.9. The highest BCUT2D eigenvalue weighted by Gasteiger charge is 2.20. The Hall–Kier alpha value is -1.74.